The first-order chi connectivity index (χ1) is 10.1. The Morgan fingerprint density at radius 3 is 2.76 bits per heavy atom. The van der Waals surface area contributed by atoms with E-state index >= 15 is 0 Å². The largest absolute Gasteiger partial charge is 0.466 e. The number of hydrogen-bond donors (Lipinski definition) is 0. The van der Waals surface area contributed by atoms with E-state index in [1.54, 1.807) is 18.3 Å². The van der Waals surface area contributed by atoms with Crippen molar-refractivity contribution in [2.24, 2.45) is 0 Å². The number of rotatable bonds is 6. The molecule has 116 valence electrons. The smallest absolute Gasteiger partial charge is 0.313 e. The number of esters is 1. The van der Waals surface area contributed by atoms with Crippen molar-refractivity contribution in [1.29, 1.82) is 0 Å². The standard InChI is InChI=1S/C15H21NO4S/c1-3-20-15(18)9-14(17)13-8-12(21-11(13)2)10-16-4-6-19-7-5-16/h8H,3-7,9-10H2,1-2H3. The Morgan fingerprint density at radius 2 is 2.10 bits per heavy atom. The zero-order valence-corrected chi connectivity index (χ0v) is 13.3. The van der Waals surface area contributed by atoms with Crippen molar-refractivity contribution in [3.05, 3.63) is 21.4 Å². The van der Waals surface area contributed by atoms with Crippen molar-refractivity contribution in [2.45, 2.75) is 26.8 Å². The highest BCUT2D eigenvalue weighted by molar-refractivity contribution is 7.12. The summed E-state index contributed by atoms with van der Waals surface area (Å²) >= 11 is 1.62. The topological polar surface area (TPSA) is 55.8 Å². The molecule has 0 aliphatic carbocycles. The highest BCUT2D eigenvalue weighted by atomic mass is 32.1. The Morgan fingerprint density at radius 1 is 1.38 bits per heavy atom. The van der Waals surface area contributed by atoms with Crippen LogP contribution in [0.2, 0.25) is 0 Å². The van der Waals surface area contributed by atoms with Crippen LogP contribution in [0.3, 0.4) is 0 Å². The van der Waals surface area contributed by atoms with E-state index in [0.717, 1.165) is 42.6 Å². The van der Waals surface area contributed by atoms with E-state index < -0.39 is 5.97 Å². The van der Waals surface area contributed by atoms with E-state index in [9.17, 15) is 9.59 Å². The molecule has 21 heavy (non-hydrogen) atoms. The third kappa shape index (κ3) is 4.62. The summed E-state index contributed by atoms with van der Waals surface area (Å²) in [7, 11) is 0. The summed E-state index contributed by atoms with van der Waals surface area (Å²) < 4.78 is 10.2. The van der Waals surface area contributed by atoms with Gasteiger partial charge >= 0.3 is 5.97 Å². The van der Waals surface area contributed by atoms with Crippen LogP contribution in [0.1, 0.15) is 33.5 Å². The van der Waals surface area contributed by atoms with Gasteiger partial charge in [0.2, 0.25) is 0 Å². The van der Waals surface area contributed by atoms with Crippen molar-refractivity contribution in [1.82, 2.24) is 4.90 Å². The van der Waals surface area contributed by atoms with Gasteiger partial charge < -0.3 is 9.47 Å². The molecule has 1 aromatic heterocycles. The summed E-state index contributed by atoms with van der Waals surface area (Å²) in [6, 6.07) is 1.91. The molecule has 0 radical (unpaired) electrons. The second-order valence-corrected chi connectivity index (χ2v) is 6.32. The van der Waals surface area contributed by atoms with Crippen molar-refractivity contribution in [3.8, 4) is 0 Å². The fourth-order valence-electron chi connectivity index (χ4n) is 2.32. The van der Waals surface area contributed by atoms with Gasteiger partial charge in [0.05, 0.1) is 19.8 Å². The first-order valence-electron chi connectivity index (χ1n) is 7.18. The molecule has 1 aromatic rings. The van der Waals surface area contributed by atoms with E-state index in [1.165, 1.54) is 0 Å². The molecule has 1 saturated heterocycles. The molecule has 0 N–H and O–H groups in total. The Balaban J connectivity index is 1.97. The normalized spacial score (nSPS) is 15.9. The zero-order chi connectivity index (χ0) is 15.2. The molecule has 0 aromatic carbocycles. The molecule has 0 saturated carbocycles. The minimum Gasteiger partial charge on any atom is -0.466 e. The lowest BCUT2D eigenvalue weighted by molar-refractivity contribution is -0.141. The second-order valence-electron chi connectivity index (χ2n) is 4.98. The molecule has 2 heterocycles. The Bertz CT molecular complexity index is 506. The summed E-state index contributed by atoms with van der Waals surface area (Å²) in [6.07, 6.45) is -0.178. The minimum atomic E-state index is -0.456. The molecule has 2 rings (SSSR count). The number of carbonyl (C=O) groups excluding carboxylic acids is 2. The molecule has 1 aliphatic rings. The Labute approximate surface area is 128 Å². The SMILES string of the molecule is CCOC(=O)CC(=O)c1cc(CN2CCOCC2)sc1C. The molecular formula is C15H21NO4S. The van der Waals surface area contributed by atoms with Gasteiger partial charge in [-0.25, -0.2) is 0 Å². The fraction of sp³-hybridized carbons (Fsp3) is 0.600. The first-order valence-corrected chi connectivity index (χ1v) is 8.00. The number of morpholine rings is 1. The molecule has 5 nitrogen and oxygen atoms in total. The molecule has 0 atom stereocenters. The van der Waals surface area contributed by atoms with Gasteiger partial charge in [0, 0.05) is 35.0 Å². The average Bonchev–Trinajstić information content (AvgIpc) is 2.81. The van der Waals surface area contributed by atoms with Gasteiger partial charge in [0.15, 0.2) is 5.78 Å². The highest BCUT2D eigenvalue weighted by Gasteiger charge is 2.19. The molecule has 6 heteroatoms. The van der Waals surface area contributed by atoms with Crippen LogP contribution in [0.15, 0.2) is 6.07 Å². The monoisotopic (exact) mass is 311 g/mol. The number of hydrogen-bond acceptors (Lipinski definition) is 6. The molecule has 1 aliphatic heterocycles. The van der Waals surface area contributed by atoms with Gasteiger partial charge in [-0.3, -0.25) is 14.5 Å². The molecule has 0 spiro atoms. The van der Waals surface area contributed by atoms with E-state index in [2.05, 4.69) is 4.90 Å². The molecular weight excluding hydrogens is 290 g/mol. The number of Topliss-reactive ketones (excluding diaryl/α,β-unsaturated/α-hetero) is 1. The first kappa shape index (κ1) is 16.1. The van der Waals surface area contributed by atoms with E-state index in [1.807, 2.05) is 13.0 Å². The van der Waals surface area contributed by atoms with Crippen LogP contribution in [0, 0.1) is 6.92 Å². The minimum absolute atomic E-state index is 0.157. The lowest BCUT2D eigenvalue weighted by Gasteiger charge is -2.25. The van der Waals surface area contributed by atoms with Gasteiger partial charge in [-0.1, -0.05) is 0 Å². The number of aryl methyl sites for hydroxylation is 1. The van der Waals surface area contributed by atoms with E-state index in [-0.39, 0.29) is 12.2 Å². The van der Waals surface area contributed by atoms with E-state index in [4.69, 9.17) is 9.47 Å². The lowest BCUT2D eigenvalue weighted by Crippen LogP contribution is -2.35. The maximum Gasteiger partial charge on any atom is 0.313 e. The molecule has 1 fully saturated rings. The average molecular weight is 311 g/mol. The maximum atomic E-state index is 12.1. The predicted molar refractivity (Wildman–Crippen MR) is 80.7 cm³/mol. The van der Waals surface area contributed by atoms with Crippen LogP contribution in [-0.2, 0) is 20.8 Å². The van der Waals surface area contributed by atoms with Crippen LogP contribution in [-0.4, -0.2) is 49.6 Å². The van der Waals surface area contributed by atoms with Crippen LogP contribution < -0.4 is 0 Å². The highest BCUT2D eigenvalue weighted by Crippen LogP contribution is 2.24. The second kappa shape index (κ2) is 7.68. The fourth-order valence-corrected chi connectivity index (χ4v) is 3.42. The van der Waals surface area contributed by atoms with Crippen LogP contribution in [0.4, 0.5) is 0 Å². The number of thiophene rings is 1. The van der Waals surface area contributed by atoms with Crippen molar-refractivity contribution in [3.63, 3.8) is 0 Å². The lowest BCUT2D eigenvalue weighted by atomic mass is 10.1. The zero-order valence-electron chi connectivity index (χ0n) is 12.5. The van der Waals surface area contributed by atoms with Gasteiger partial charge in [-0.05, 0) is 19.9 Å². The molecule has 0 amide bonds. The molecule has 0 unspecified atom stereocenters. The van der Waals surface area contributed by atoms with Crippen molar-refractivity contribution in [2.75, 3.05) is 32.9 Å². The van der Waals surface area contributed by atoms with Crippen LogP contribution >= 0.6 is 11.3 Å². The summed E-state index contributed by atoms with van der Waals surface area (Å²) in [4.78, 5) is 28.0. The Kier molecular flexibility index (Phi) is 5.90. The third-order valence-electron chi connectivity index (χ3n) is 3.36. The summed E-state index contributed by atoms with van der Waals surface area (Å²) in [6.45, 7) is 8.16. The molecule has 0 bridgehead atoms. The third-order valence-corrected chi connectivity index (χ3v) is 4.40. The number of ether oxygens (including phenoxy) is 2. The van der Waals surface area contributed by atoms with E-state index in [0.29, 0.717) is 12.2 Å². The van der Waals surface area contributed by atoms with Crippen molar-refractivity contribution >= 4 is 23.1 Å². The predicted octanol–water partition coefficient (Wildman–Crippen LogP) is 2.02. The quantitative estimate of drug-likeness (QED) is 0.457. The summed E-state index contributed by atoms with van der Waals surface area (Å²) in [5, 5.41) is 0. The van der Waals surface area contributed by atoms with Crippen LogP contribution in [0.5, 0.6) is 0 Å². The van der Waals surface area contributed by atoms with Gasteiger partial charge in [0.1, 0.15) is 6.42 Å². The number of nitrogens with zero attached hydrogens (tertiary/aromatic N) is 1. The number of ketones is 1. The summed E-state index contributed by atoms with van der Waals surface area (Å²) in [5.74, 6) is -0.613. The maximum absolute atomic E-state index is 12.1. The number of carbonyl (C=O) groups is 2. The van der Waals surface area contributed by atoms with Gasteiger partial charge in [-0.2, -0.15) is 0 Å². The van der Waals surface area contributed by atoms with Crippen LogP contribution in [0.25, 0.3) is 0 Å². The Hall–Kier alpha value is -1.24. The van der Waals surface area contributed by atoms with Gasteiger partial charge in [0.25, 0.3) is 0 Å². The van der Waals surface area contributed by atoms with Crippen molar-refractivity contribution < 1.29 is 19.1 Å². The summed E-state index contributed by atoms with van der Waals surface area (Å²) in [5.41, 5.74) is 0.649. The van der Waals surface area contributed by atoms with Gasteiger partial charge in [-0.15, -0.1) is 11.3 Å².